The van der Waals surface area contributed by atoms with Crippen LogP contribution in [0.15, 0.2) is 17.5 Å². The first kappa shape index (κ1) is 15.3. The Balaban J connectivity index is 1.74. The Hall–Kier alpha value is -1.07. The van der Waals surface area contributed by atoms with Gasteiger partial charge in [-0.25, -0.2) is 4.79 Å². The molecule has 1 aromatic rings. The van der Waals surface area contributed by atoms with Crippen molar-refractivity contribution in [3.63, 3.8) is 0 Å². The lowest BCUT2D eigenvalue weighted by Crippen LogP contribution is -2.48. The van der Waals surface area contributed by atoms with Crippen LogP contribution >= 0.6 is 11.3 Å². The monoisotopic (exact) mass is 296 g/mol. The van der Waals surface area contributed by atoms with Crippen LogP contribution in [0.25, 0.3) is 0 Å². The molecule has 0 unspecified atom stereocenters. The Morgan fingerprint density at radius 2 is 2.30 bits per heavy atom. The number of rotatable bonds is 5. The first-order valence-corrected chi connectivity index (χ1v) is 8.27. The van der Waals surface area contributed by atoms with E-state index in [0.29, 0.717) is 12.5 Å². The predicted molar refractivity (Wildman–Crippen MR) is 82.1 cm³/mol. The maximum Gasteiger partial charge on any atom is 0.315 e. The number of carbonyl (C=O) groups is 1. The van der Waals surface area contributed by atoms with Gasteiger partial charge in [0.1, 0.15) is 0 Å². The highest BCUT2D eigenvalue weighted by atomic mass is 32.1. The zero-order valence-electron chi connectivity index (χ0n) is 12.0. The van der Waals surface area contributed by atoms with Gasteiger partial charge in [0.2, 0.25) is 0 Å². The van der Waals surface area contributed by atoms with Gasteiger partial charge < -0.3 is 15.7 Å². The van der Waals surface area contributed by atoms with Crippen LogP contribution in [0.5, 0.6) is 0 Å². The molecule has 0 bridgehead atoms. The van der Waals surface area contributed by atoms with E-state index in [0.717, 1.165) is 25.7 Å². The summed E-state index contributed by atoms with van der Waals surface area (Å²) in [6.45, 7) is 2.92. The average molecular weight is 296 g/mol. The van der Waals surface area contributed by atoms with Crippen molar-refractivity contribution < 1.29 is 9.90 Å². The number of nitrogens with one attached hydrogen (secondary N) is 2. The molecule has 1 aliphatic rings. The van der Waals surface area contributed by atoms with Crippen LogP contribution in [0.1, 0.15) is 43.4 Å². The molecule has 3 N–H and O–H groups in total. The van der Waals surface area contributed by atoms with E-state index in [1.54, 1.807) is 11.3 Å². The molecule has 0 radical (unpaired) electrons. The lowest BCUT2D eigenvalue weighted by atomic mass is 9.85. The van der Waals surface area contributed by atoms with Gasteiger partial charge in [0.05, 0.1) is 0 Å². The van der Waals surface area contributed by atoms with Gasteiger partial charge in [-0.3, -0.25) is 0 Å². The maximum absolute atomic E-state index is 11.9. The molecule has 0 spiro atoms. The molecule has 2 rings (SSSR count). The lowest BCUT2D eigenvalue weighted by molar-refractivity contribution is 0.153. The quantitative estimate of drug-likeness (QED) is 0.782. The number of carbonyl (C=O) groups excluding carboxylic acids is 1. The van der Waals surface area contributed by atoms with E-state index in [9.17, 15) is 9.90 Å². The Morgan fingerprint density at radius 1 is 1.50 bits per heavy atom. The van der Waals surface area contributed by atoms with Crippen LogP contribution in [0, 0.1) is 5.92 Å². The standard InChI is InChI=1S/C15H24N2O2S/c1-11(14-7-4-8-20-14)9-16-15(19)17-13-6-3-2-5-12(13)10-18/h4,7-8,11-13,18H,2-3,5-6,9-10H2,1H3,(H2,16,17,19)/t11-,12-,13-/m1/s1. The fraction of sp³-hybridized carbons (Fsp3) is 0.667. The van der Waals surface area contributed by atoms with Crippen molar-refractivity contribution in [3.05, 3.63) is 22.4 Å². The lowest BCUT2D eigenvalue weighted by Gasteiger charge is -2.31. The third-order valence-electron chi connectivity index (χ3n) is 4.06. The normalized spacial score (nSPS) is 24.1. The largest absolute Gasteiger partial charge is 0.396 e. The number of hydrogen-bond acceptors (Lipinski definition) is 3. The van der Waals surface area contributed by atoms with E-state index < -0.39 is 0 Å². The molecule has 1 heterocycles. The molecule has 0 aromatic carbocycles. The summed E-state index contributed by atoms with van der Waals surface area (Å²) >= 11 is 1.72. The molecule has 1 aromatic heterocycles. The van der Waals surface area contributed by atoms with Gasteiger partial charge in [-0.15, -0.1) is 11.3 Å². The van der Waals surface area contributed by atoms with E-state index in [2.05, 4.69) is 29.0 Å². The summed E-state index contributed by atoms with van der Waals surface area (Å²) in [6.07, 6.45) is 4.26. The van der Waals surface area contributed by atoms with Crippen molar-refractivity contribution in [2.24, 2.45) is 5.92 Å². The van der Waals surface area contributed by atoms with Crippen LogP contribution in [-0.4, -0.2) is 30.3 Å². The average Bonchev–Trinajstić information content (AvgIpc) is 2.99. The first-order valence-electron chi connectivity index (χ1n) is 7.39. The topological polar surface area (TPSA) is 61.4 Å². The van der Waals surface area contributed by atoms with E-state index >= 15 is 0 Å². The molecular weight excluding hydrogens is 272 g/mol. The Bertz CT molecular complexity index is 408. The number of hydrogen-bond donors (Lipinski definition) is 3. The van der Waals surface area contributed by atoms with Crippen LogP contribution in [0.4, 0.5) is 4.79 Å². The minimum atomic E-state index is -0.112. The van der Waals surface area contributed by atoms with Gasteiger partial charge in [0.15, 0.2) is 0 Å². The predicted octanol–water partition coefficient (Wildman–Crippen LogP) is 2.70. The van der Waals surface area contributed by atoms with Crippen molar-refractivity contribution in [1.82, 2.24) is 10.6 Å². The highest BCUT2D eigenvalue weighted by molar-refractivity contribution is 7.10. The maximum atomic E-state index is 11.9. The summed E-state index contributed by atoms with van der Waals surface area (Å²) < 4.78 is 0. The zero-order chi connectivity index (χ0) is 14.4. The summed E-state index contributed by atoms with van der Waals surface area (Å²) in [5.74, 6) is 0.546. The third-order valence-corrected chi connectivity index (χ3v) is 5.16. The van der Waals surface area contributed by atoms with Crippen LogP contribution in [-0.2, 0) is 0 Å². The molecule has 0 aliphatic heterocycles. The van der Waals surface area contributed by atoms with Gasteiger partial charge in [-0.05, 0) is 24.3 Å². The van der Waals surface area contributed by atoms with Gasteiger partial charge in [0, 0.05) is 35.9 Å². The molecule has 1 fully saturated rings. The molecule has 0 saturated heterocycles. The van der Waals surface area contributed by atoms with Crippen molar-refractivity contribution in [2.45, 2.75) is 44.6 Å². The summed E-state index contributed by atoms with van der Waals surface area (Å²) in [5, 5.41) is 17.4. The van der Waals surface area contributed by atoms with Crippen LogP contribution in [0.2, 0.25) is 0 Å². The number of aliphatic hydroxyl groups is 1. The molecule has 3 atom stereocenters. The number of urea groups is 1. The minimum Gasteiger partial charge on any atom is -0.396 e. The van der Waals surface area contributed by atoms with Crippen molar-refractivity contribution in [1.29, 1.82) is 0 Å². The Morgan fingerprint density at radius 3 is 3.00 bits per heavy atom. The third kappa shape index (κ3) is 4.21. The van der Waals surface area contributed by atoms with E-state index in [-0.39, 0.29) is 24.6 Å². The van der Waals surface area contributed by atoms with E-state index in [1.807, 2.05) is 6.07 Å². The van der Waals surface area contributed by atoms with Gasteiger partial charge in [-0.2, -0.15) is 0 Å². The molecule has 112 valence electrons. The second-order valence-corrected chi connectivity index (χ2v) is 6.58. The summed E-state index contributed by atoms with van der Waals surface area (Å²) in [4.78, 5) is 13.2. The second kappa shape index (κ2) is 7.64. The minimum absolute atomic E-state index is 0.112. The van der Waals surface area contributed by atoms with E-state index in [4.69, 9.17) is 0 Å². The first-order chi connectivity index (χ1) is 9.70. The van der Waals surface area contributed by atoms with Gasteiger partial charge >= 0.3 is 6.03 Å². The van der Waals surface area contributed by atoms with Crippen molar-refractivity contribution in [2.75, 3.05) is 13.2 Å². The Labute approximate surface area is 124 Å². The SMILES string of the molecule is C[C@H](CNC(=O)N[C@@H]1CCCC[C@@H]1CO)c1cccs1. The summed E-state index contributed by atoms with van der Waals surface area (Å²) in [5.41, 5.74) is 0. The van der Waals surface area contributed by atoms with Crippen molar-refractivity contribution >= 4 is 17.4 Å². The molecule has 20 heavy (non-hydrogen) atoms. The second-order valence-electron chi connectivity index (χ2n) is 5.60. The highest BCUT2D eigenvalue weighted by Gasteiger charge is 2.25. The van der Waals surface area contributed by atoms with E-state index in [1.165, 1.54) is 4.88 Å². The van der Waals surface area contributed by atoms with Crippen molar-refractivity contribution in [3.8, 4) is 0 Å². The van der Waals surface area contributed by atoms with Gasteiger partial charge in [-0.1, -0.05) is 25.8 Å². The van der Waals surface area contributed by atoms with Gasteiger partial charge in [0.25, 0.3) is 0 Å². The highest BCUT2D eigenvalue weighted by Crippen LogP contribution is 2.24. The smallest absolute Gasteiger partial charge is 0.315 e. The Kier molecular flexibility index (Phi) is 5.86. The molecule has 4 nitrogen and oxygen atoms in total. The van der Waals surface area contributed by atoms with Crippen LogP contribution in [0.3, 0.4) is 0 Å². The summed E-state index contributed by atoms with van der Waals surface area (Å²) in [7, 11) is 0. The fourth-order valence-electron chi connectivity index (χ4n) is 2.75. The summed E-state index contributed by atoms with van der Waals surface area (Å²) in [6, 6.07) is 4.13. The molecule has 5 heteroatoms. The zero-order valence-corrected chi connectivity index (χ0v) is 12.8. The molecule has 1 saturated carbocycles. The molecular formula is C15H24N2O2S. The fourth-order valence-corrected chi connectivity index (χ4v) is 3.54. The number of amides is 2. The number of thiophene rings is 1. The molecule has 2 amide bonds. The molecule has 1 aliphatic carbocycles. The van der Waals surface area contributed by atoms with Crippen LogP contribution < -0.4 is 10.6 Å². The number of aliphatic hydroxyl groups excluding tert-OH is 1.